The smallest absolute Gasteiger partial charge is 0.266 e. The topological polar surface area (TPSA) is 44.8 Å². The van der Waals surface area contributed by atoms with Gasteiger partial charge >= 0.3 is 0 Å². The van der Waals surface area contributed by atoms with Crippen molar-refractivity contribution in [3.05, 3.63) is 30.6 Å². The second kappa shape index (κ2) is 4.04. The summed E-state index contributed by atoms with van der Waals surface area (Å²) in [6.45, 7) is 0.0822. The van der Waals surface area contributed by atoms with E-state index in [1.807, 2.05) is 12.1 Å². The molecule has 1 aliphatic heterocycles. The van der Waals surface area contributed by atoms with Crippen LogP contribution in [-0.2, 0) is 0 Å². The lowest BCUT2D eigenvalue weighted by Gasteiger charge is -2.17. The Balaban J connectivity index is 1.88. The SMILES string of the molecule is FC1(F)CCN(c2cc(-c3ccn[nH]3)ccn2)C1. The number of alkyl halides is 2. The first-order valence-electron chi connectivity index (χ1n) is 5.73. The van der Waals surface area contributed by atoms with E-state index in [9.17, 15) is 8.78 Å². The van der Waals surface area contributed by atoms with E-state index in [1.165, 1.54) is 0 Å². The van der Waals surface area contributed by atoms with Gasteiger partial charge in [0.15, 0.2) is 0 Å². The molecule has 2 aromatic rings. The summed E-state index contributed by atoms with van der Waals surface area (Å²) >= 11 is 0. The lowest BCUT2D eigenvalue weighted by molar-refractivity contribution is 0.0257. The molecule has 4 nitrogen and oxygen atoms in total. The van der Waals surface area contributed by atoms with E-state index in [4.69, 9.17) is 0 Å². The number of hydrogen-bond donors (Lipinski definition) is 1. The van der Waals surface area contributed by atoms with Crippen LogP contribution in [-0.4, -0.2) is 34.2 Å². The minimum Gasteiger partial charge on any atom is -0.350 e. The summed E-state index contributed by atoms with van der Waals surface area (Å²) in [5.41, 5.74) is 1.75. The second-order valence-corrected chi connectivity index (χ2v) is 4.40. The lowest BCUT2D eigenvalue weighted by Crippen LogP contribution is -2.25. The zero-order chi connectivity index (χ0) is 12.6. The number of aromatic nitrogens is 3. The van der Waals surface area contributed by atoms with Crippen LogP contribution in [0, 0.1) is 0 Å². The molecule has 6 heteroatoms. The van der Waals surface area contributed by atoms with E-state index in [0.717, 1.165) is 11.3 Å². The maximum Gasteiger partial charge on any atom is 0.266 e. The Bertz CT molecular complexity index is 539. The third-order valence-corrected chi connectivity index (χ3v) is 3.05. The Labute approximate surface area is 103 Å². The summed E-state index contributed by atoms with van der Waals surface area (Å²) < 4.78 is 26.3. The van der Waals surface area contributed by atoms with Gasteiger partial charge in [0.2, 0.25) is 0 Å². The quantitative estimate of drug-likeness (QED) is 0.889. The summed E-state index contributed by atoms with van der Waals surface area (Å²) in [7, 11) is 0. The Morgan fingerprint density at radius 2 is 2.17 bits per heavy atom. The third-order valence-electron chi connectivity index (χ3n) is 3.05. The first-order valence-corrected chi connectivity index (χ1v) is 5.73. The Kier molecular flexibility index (Phi) is 2.50. The number of nitrogens with one attached hydrogen (secondary N) is 1. The van der Waals surface area contributed by atoms with Crippen LogP contribution in [0.4, 0.5) is 14.6 Å². The Morgan fingerprint density at radius 3 is 2.83 bits per heavy atom. The first kappa shape index (κ1) is 11.1. The van der Waals surface area contributed by atoms with Crippen molar-refractivity contribution < 1.29 is 8.78 Å². The molecule has 3 heterocycles. The molecule has 1 aliphatic rings. The van der Waals surface area contributed by atoms with Crippen molar-refractivity contribution in [1.29, 1.82) is 0 Å². The molecule has 1 fully saturated rings. The molecule has 0 bridgehead atoms. The molecule has 0 amide bonds. The van der Waals surface area contributed by atoms with Gasteiger partial charge in [-0.3, -0.25) is 5.10 Å². The Morgan fingerprint density at radius 1 is 1.28 bits per heavy atom. The molecule has 1 saturated heterocycles. The van der Waals surface area contributed by atoms with Crippen molar-refractivity contribution in [2.75, 3.05) is 18.0 Å². The van der Waals surface area contributed by atoms with Gasteiger partial charge in [-0.2, -0.15) is 5.10 Å². The van der Waals surface area contributed by atoms with Crippen molar-refractivity contribution >= 4 is 5.82 Å². The fourth-order valence-corrected chi connectivity index (χ4v) is 2.11. The lowest BCUT2D eigenvalue weighted by atomic mass is 10.2. The van der Waals surface area contributed by atoms with Crippen LogP contribution in [0.2, 0.25) is 0 Å². The number of halogens is 2. The van der Waals surface area contributed by atoms with Crippen LogP contribution in [0.1, 0.15) is 6.42 Å². The van der Waals surface area contributed by atoms with Crippen molar-refractivity contribution in [2.24, 2.45) is 0 Å². The molecular weight excluding hydrogens is 238 g/mol. The molecular formula is C12H12F2N4. The summed E-state index contributed by atoms with van der Waals surface area (Å²) in [6, 6.07) is 5.46. The van der Waals surface area contributed by atoms with E-state index >= 15 is 0 Å². The Hall–Kier alpha value is -1.98. The molecule has 0 radical (unpaired) electrons. The molecule has 1 N–H and O–H groups in total. The molecule has 94 valence electrons. The van der Waals surface area contributed by atoms with E-state index in [1.54, 1.807) is 23.4 Å². The number of anilines is 1. The van der Waals surface area contributed by atoms with Crippen LogP contribution in [0.15, 0.2) is 30.6 Å². The summed E-state index contributed by atoms with van der Waals surface area (Å²) in [5.74, 6) is -2.02. The minimum absolute atomic E-state index is 0.108. The maximum atomic E-state index is 13.2. The van der Waals surface area contributed by atoms with Crippen molar-refractivity contribution in [3.8, 4) is 11.3 Å². The predicted octanol–water partition coefficient (Wildman–Crippen LogP) is 2.32. The van der Waals surface area contributed by atoms with Gasteiger partial charge in [-0.05, 0) is 18.2 Å². The number of aromatic amines is 1. The number of nitrogens with zero attached hydrogens (tertiary/aromatic N) is 3. The molecule has 0 spiro atoms. The maximum absolute atomic E-state index is 13.2. The van der Waals surface area contributed by atoms with E-state index in [2.05, 4.69) is 15.2 Å². The number of rotatable bonds is 2. The van der Waals surface area contributed by atoms with Gasteiger partial charge in [0, 0.05) is 30.9 Å². The van der Waals surface area contributed by atoms with Gasteiger partial charge < -0.3 is 4.90 Å². The highest BCUT2D eigenvalue weighted by Crippen LogP contribution is 2.31. The molecule has 2 aromatic heterocycles. The van der Waals surface area contributed by atoms with Crippen molar-refractivity contribution in [2.45, 2.75) is 12.3 Å². The van der Waals surface area contributed by atoms with Gasteiger partial charge in [0.25, 0.3) is 5.92 Å². The van der Waals surface area contributed by atoms with Gasteiger partial charge in [0.05, 0.1) is 12.2 Å². The molecule has 0 saturated carbocycles. The number of hydrogen-bond acceptors (Lipinski definition) is 3. The van der Waals surface area contributed by atoms with Gasteiger partial charge in [-0.1, -0.05) is 0 Å². The molecule has 0 aliphatic carbocycles. The molecule has 3 rings (SSSR count). The van der Waals surface area contributed by atoms with Gasteiger partial charge in [0.1, 0.15) is 5.82 Å². The molecule has 18 heavy (non-hydrogen) atoms. The fraction of sp³-hybridized carbons (Fsp3) is 0.333. The number of pyridine rings is 1. The number of H-pyrrole nitrogens is 1. The average molecular weight is 250 g/mol. The summed E-state index contributed by atoms with van der Waals surface area (Å²) in [4.78, 5) is 5.77. The third kappa shape index (κ3) is 2.05. The van der Waals surface area contributed by atoms with Gasteiger partial charge in [-0.25, -0.2) is 13.8 Å². The van der Waals surface area contributed by atoms with E-state index in [-0.39, 0.29) is 13.0 Å². The summed E-state index contributed by atoms with van der Waals surface area (Å²) in [5, 5.41) is 6.71. The highest BCUT2D eigenvalue weighted by molar-refractivity contribution is 5.62. The van der Waals surface area contributed by atoms with E-state index < -0.39 is 5.92 Å². The standard InChI is InChI=1S/C12H12F2N4/c13-12(14)3-6-18(8-12)11-7-9(1-4-15-11)10-2-5-16-17-10/h1-2,4-5,7H,3,6,8H2,(H,16,17). The first-order chi connectivity index (χ1) is 8.64. The normalized spacial score (nSPS) is 18.2. The zero-order valence-electron chi connectivity index (χ0n) is 9.61. The second-order valence-electron chi connectivity index (χ2n) is 4.40. The highest BCUT2D eigenvalue weighted by Gasteiger charge is 2.38. The largest absolute Gasteiger partial charge is 0.350 e. The van der Waals surface area contributed by atoms with E-state index in [0.29, 0.717) is 12.4 Å². The van der Waals surface area contributed by atoms with Crippen molar-refractivity contribution in [1.82, 2.24) is 15.2 Å². The van der Waals surface area contributed by atoms with Crippen molar-refractivity contribution in [3.63, 3.8) is 0 Å². The molecule has 0 aromatic carbocycles. The molecule has 0 unspecified atom stereocenters. The monoisotopic (exact) mass is 250 g/mol. The summed E-state index contributed by atoms with van der Waals surface area (Å²) in [6.07, 6.45) is 3.17. The highest BCUT2D eigenvalue weighted by atomic mass is 19.3. The van der Waals surface area contributed by atoms with Crippen LogP contribution in [0.5, 0.6) is 0 Å². The van der Waals surface area contributed by atoms with Crippen LogP contribution in [0.25, 0.3) is 11.3 Å². The molecule has 0 atom stereocenters. The average Bonchev–Trinajstić information content (AvgIpc) is 2.98. The van der Waals surface area contributed by atoms with Gasteiger partial charge in [-0.15, -0.1) is 0 Å². The zero-order valence-corrected chi connectivity index (χ0v) is 9.61. The fourth-order valence-electron chi connectivity index (χ4n) is 2.11. The van der Waals surface area contributed by atoms with Crippen LogP contribution < -0.4 is 4.90 Å². The predicted molar refractivity (Wildman–Crippen MR) is 63.6 cm³/mol. The van der Waals surface area contributed by atoms with Crippen LogP contribution >= 0.6 is 0 Å². The minimum atomic E-state index is -2.61. The van der Waals surface area contributed by atoms with Crippen LogP contribution in [0.3, 0.4) is 0 Å².